The Labute approximate surface area is 312 Å². The number of esters is 1. The lowest BCUT2D eigenvalue weighted by Crippen LogP contribution is -2.32. The maximum absolute atomic E-state index is 14.5. The summed E-state index contributed by atoms with van der Waals surface area (Å²) in [5, 5.41) is 20.4. The van der Waals surface area contributed by atoms with Crippen LogP contribution in [0.5, 0.6) is 5.75 Å². The van der Waals surface area contributed by atoms with E-state index in [0.717, 1.165) is 45.5 Å². The highest BCUT2D eigenvalue weighted by atomic mass is 32.1. The fourth-order valence-corrected chi connectivity index (χ4v) is 7.31. The van der Waals surface area contributed by atoms with Gasteiger partial charge < -0.3 is 35.3 Å². The van der Waals surface area contributed by atoms with E-state index in [4.69, 9.17) is 14.2 Å². The second kappa shape index (κ2) is 15.0. The zero-order valence-corrected chi connectivity index (χ0v) is 31.5. The van der Waals surface area contributed by atoms with E-state index in [-0.39, 0.29) is 47.6 Å². The van der Waals surface area contributed by atoms with Crippen molar-refractivity contribution in [2.75, 3.05) is 32.2 Å². The normalized spacial score (nSPS) is 14.1. The highest BCUT2D eigenvalue weighted by Gasteiger charge is 2.42. The van der Waals surface area contributed by atoms with Gasteiger partial charge >= 0.3 is 12.1 Å². The molecule has 4 aromatic rings. The predicted molar refractivity (Wildman–Crippen MR) is 202 cm³/mol. The fourth-order valence-electron chi connectivity index (χ4n) is 6.33. The Balaban J connectivity index is 1.38. The van der Waals surface area contributed by atoms with E-state index in [1.165, 1.54) is 13.2 Å². The number of fused-ring (bicyclic) bond motifs is 3. The minimum atomic E-state index is -0.784. The predicted octanol–water partition coefficient (Wildman–Crippen LogP) is 6.59. The van der Waals surface area contributed by atoms with E-state index in [1.807, 2.05) is 37.4 Å². The average Bonchev–Trinajstić information content (AvgIpc) is 3.81. The summed E-state index contributed by atoms with van der Waals surface area (Å²) >= 11 is 1.56. The second-order valence-electron chi connectivity index (χ2n) is 14.6. The Kier molecular flexibility index (Phi) is 10.6. The lowest BCUT2D eigenvalue weighted by molar-refractivity contribution is 0.0521. The average molecular weight is 741 g/mol. The van der Waals surface area contributed by atoms with Crippen LogP contribution >= 0.6 is 11.3 Å². The molecule has 0 radical (unpaired) electrons. The summed E-state index contributed by atoms with van der Waals surface area (Å²) in [7, 11) is 1.23. The van der Waals surface area contributed by atoms with Crippen LogP contribution < -0.4 is 20.7 Å². The van der Waals surface area contributed by atoms with Crippen molar-refractivity contribution in [3.8, 4) is 27.3 Å². The highest BCUT2D eigenvalue weighted by Crippen LogP contribution is 2.45. The summed E-state index contributed by atoms with van der Waals surface area (Å²) < 4.78 is 16.7. The Morgan fingerprint density at radius 1 is 0.962 bits per heavy atom. The fraction of sp³-hybridized carbons (Fsp3) is 0.375. The molecule has 1 aliphatic carbocycles. The number of hydrogen-bond donors (Lipinski definition) is 4. The molecule has 53 heavy (non-hydrogen) atoms. The molecule has 0 atom stereocenters. The summed E-state index contributed by atoms with van der Waals surface area (Å²) in [4.78, 5) is 58.6. The van der Waals surface area contributed by atoms with Crippen LogP contribution in [0.25, 0.3) is 21.6 Å². The Morgan fingerprint density at radius 2 is 1.70 bits per heavy atom. The monoisotopic (exact) mass is 740 g/mol. The number of hydrogen-bond acceptors (Lipinski definition) is 10. The molecule has 13 heteroatoms. The first kappa shape index (κ1) is 37.5. The molecular weight excluding hydrogens is 697 g/mol. The van der Waals surface area contributed by atoms with Gasteiger partial charge in [0.15, 0.2) is 5.69 Å². The molecule has 1 fully saturated rings. The first-order valence-corrected chi connectivity index (χ1v) is 18.3. The number of ether oxygens (including phenoxy) is 3. The first-order chi connectivity index (χ1) is 25.2. The van der Waals surface area contributed by atoms with Gasteiger partial charge in [0.2, 0.25) is 0 Å². The Bertz CT molecular complexity index is 2070. The number of methoxy groups -OCH3 is 1. The van der Waals surface area contributed by atoms with Crippen LogP contribution in [0.2, 0.25) is 0 Å². The van der Waals surface area contributed by atoms with Gasteiger partial charge in [0, 0.05) is 57.7 Å². The van der Waals surface area contributed by atoms with E-state index in [0.29, 0.717) is 30.0 Å². The molecule has 2 aromatic heterocycles. The first-order valence-electron chi connectivity index (χ1n) is 17.5. The number of aryl methyl sites for hydroxylation is 2. The summed E-state index contributed by atoms with van der Waals surface area (Å²) in [6.45, 7) is 10.1. The Hall–Kier alpha value is -5.27. The molecule has 2 aliphatic rings. The molecule has 1 saturated carbocycles. The van der Waals surface area contributed by atoms with Crippen molar-refractivity contribution < 1.29 is 38.5 Å². The zero-order valence-electron chi connectivity index (χ0n) is 30.7. The second-order valence-corrected chi connectivity index (χ2v) is 15.5. The SMILES string of the molecule is COC(=O)c1nc(C(=O)NCC2(CO)CC2)ccc1-c1cc2c(cc1C(=O)Nc1c(C)cc(CNC(=O)OC(C)(C)C)cc1C)-c1sccc1CCO2. The molecule has 1 aliphatic heterocycles. The number of carbonyl (C=O) groups excluding carboxylic acids is 4. The van der Waals surface area contributed by atoms with Crippen molar-refractivity contribution in [2.24, 2.45) is 5.41 Å². The van der Waals surface area contributed by atoms with Crippen molar-refractivity contribution in [1.29, 1.82) is 0 Å². The van der Waals surface area contributed by atoms with Gasteiger partial charge in [-0.3, -0.25) is 9.59 Å². The van der Waals surface area contributed by atoms with Gasteiger partial charge in [-0.1, -0.05) is 12.1 Å². The lowest BCUT2D eigenvalue weighted by atomic mass is 9.93. The van der Waals surface area contributed by atoms with Crippen LogP contribution in [0.15, 0.2) is 47.8 Å². The molecule has 2 aromatic carbocycles. The molecule has 0 unspecified atom stereocenters. The number of carbonyl (C=O) groups is 4. The van der Waals surface area contributed by atoms with E-state index in [9.17, 15) is 24.3 Å². The molecule has 6 rings (SSSR count). The van der Waals surface area contributed by atoms with Gasteiger partial charge in [-0.2, -0.15) is 0 Å². The summed E-state index contributed by atoms with van der Waals surface area (Å²) in [6.07, 6.45) is 1.79. The number of aliphatic hydroxyl groups excluding tert-OH is 1. The third kappa shape index (κ3) is 8.36. The van der Waals surface area contributed by atoms with E-state index >= 15 is 0 Å². The standard InChI is InChI=1S/C40H44N4O8S/c1-22-15-24(19-41-38(49)52-39(3,4)5)16-23(2)32(22)44-35(46)28-17-29-31(51-13-9-25-10-14-53-34(25)29)18-27(28)26-7-8-30(43-33(26)37(48)50-6)36(47)42-20-40(21-45)11-12-40/h7-8,10,14-18,45H,9,11-13,19-21H2,1-6H3,(H,41,49)(H,42,47)(H,44,46). The minimum Gasteiger partial charge on any atom is -0.493 e. The maximum atomic E-state index is 14.5. The van der Waals surface area contributed by atoms with Crippen LogP contribution in [0, 0.1) is 19.3 Å². The molecule has 0 bridgehead atoms. The smallest absolute Gasteiger partial charge is 0.407 e. The zero-order chi connectivity index (χ0) is 38.1. The molecule has 0 saturated heterocycles. The molecule has 12 nitrogen and oxygen atoms in total. The highest BCUT2D eigenvalue weighted by molar-refractivity contribution is 7.13. The largest absolute Gasteiger partial charge is 0.493 e. The van der Waals surface area contributed by atoms with E-state index in [2.05, 4.69) is 20.9 Å². The van der Waals surface area contributed by atoms with Crippen molar-refractivity contribution in [2.45, 2.75) is 66.0 Å². The van der Waals surface area contributed by atoms with Gasteiger partial charge in [-0.05, 0) is 105 Å². The number of aromatic nitrogens is 1. The number of alkyl carbamates (subject to hydrolysis) is 1. The molecule has 3 heterocycles. The number of thiophene rings is 1. The van der Waals surface area contributed by atoms with Gasteiger partial charge in [-0.25, -0.2) is 14.6 Å². The minimum absolute atomic E-state index is 0.00405. The molecule has 0 spiro atoms. The number of pyridine rings is 1. The number of aliphatic hydroxyl groups is 1. The third-order valence-corrected chi connectivity index (χ3v) is 10.4. The van der Waals surface area contributed by atoms with Crippen molar-refractivity contribution in [3.05, 3.63) is 87.0 Å². The molecule has 4 N–H and O–H groups in total. The lowest BCUT2D eigenvalue weighted by Gasteiger charge is -2.20. The van der Waals surface area contributed by atoms with Crippen LogP contribution in [0.3, 0.4) is 0 Å². The maximum Gasteiger partial charge on any atom is 0.407 e. The van der Waals surface area contributed by atoms with Gasteiger partial charge in [0.25, 0.3) is 11.8 Å². The van der Waals surface area contributed by atoms with Crippen LogP contribution in [-0.2, 0) is 22.4 Å². The van der Waals surface area contributed by atoms with Crippen LogP contribution in [0.4, 0.5) is 10.5 Å². The van der Waals surface area contributed by atoms with Gasteiger partial charge in [-0.15, -0.1) is 11.3 Å². The summed E-state index contributed by atoms with van der Waals surface area (Å²) in [6, 6.07) is 12.4. The summed E-state index contributed by atoms with van der Waals surface area (Å²) in [5.41, 5.74) is 4.66. The topological polar surface area (TPSA) is 165 Å². The van der Waals surface area contributed by atoms with Crippen LogP contribution in [-0.4, -0.2) is 66.4 Å². The van der Waals surface area contributed by atoms with Crippen LogP contribution in [0.1, 0.15) is 87.2 Å². The number of benzene rings is 2. The van der Waals surface area contributed by atoms with Crippen molar-refractivity contribution >= 4 is 40.9 Å². The van der Waals surface area contributed by atoms with Crippen molar-refractivity contribution in [1.82, 2.24) is 15.6 Å². The molecule has 3 amide bonds. The summed E-state index contributed by atoms with van der Waals surface area (Å²) in [5.74, 6) is -1.17. The van der Waals surface area contributed by atoms with Gasteiger partial charge in [0.1, 0.15) is 17.0 Å². The molecular formula is C40H44N4O8S. The van der Waals surface area contributed by atoms with E-state index in [1.54, 1.807) is 50.3 Å². The quantitative estimate of drug-likeness (QED) is 0.131. The Morgan fingerprint density at radius 3 is 2.36 bits per heavy atom. The van der Waals surface area contributed by atoms with Crippen molar-refractivity contribution in [3.63, 3.8) is 0 Å². The van der Waals surface area contributed by atoms with E-state index < -0.39 is 29.5 Å². The number of anilines is 1. The molecule has 278 valence electrons. The van der Waals surface area contributed by atoms with Gasteiger partial charge in [0.05, 0.1) is 20.3 Å². The number of nitrogens with zero attached hydrogens (tertiary/aromatic N) is 1. The number of nitrogens with one attached hydrogen (secondary N) is 3. The number of rotatable bonds is 10. The number of amides is 3. The third-order valence-electron chi connectivity index (χ3n) is 9.36.